The maximum Gasteiger partial charge on any atom is 0.0573 e. The Labute approximate surface area is 76.2 Å². The maximum absolute atomic E-state index is 9.80. The van der Waals surface area contributed by atoms with Crippen molar-refractivity contribution in [3.8, 4) is 0 Å². The van der Waals surface area contributed by atoms with Crippen LogP contribution in [0.2, 0.25) is 0 Å². The lowest BCUT2D eigenvalue weighted by atomic mass is 9.59. The second-order valence-corrected chi connectivity index (χ2v) is 5.18. The van der Waals surface area contributed by atoms with Crippen LogP contribution in [0.25, 0.3) is 0 Å². The van der Waals surface area contributed by atoms with E-state index in [1.165, 1.54) is 0 Å². The molecule has 1 N–H and O–H groups in total. The Kier molecular flexibility index (Phi) is 2.53. The Bertz CT molecular complexity index is 146. The van der Waals surface area contributed by atoms with Crippen molar-refractivity contribution < 1.29 is 5.11 Å². The van der Waals surface area contributed by atoms with Crippen LogP contribution in [0.5, 0.6) is 0 Å². The van der Waals surface area contributed by atoms with Crippen molar-refractivity contribution in [1.29, 1.82) is 0 Å². The monoisotopic (exact) mass is 170 g/mol. The molecule has 1 heteroatoms. The molecule has 1 aliphatic carbocycles. The predicted octanol–water partition coefficient (Wildman–Crippen LogP) is 2.69. The molecule has 1 aliphatic rings. The van der Waals surface area contributed by atoms with Gasteiger partial charge in [-0.05, 0) is 29.6 Å². The van der Waals surface area contributed by atoms with Gasteiger partial charge in [-0.2, -0.15) is 0 Å². The van der Waals surface area contributed by atoms with Gasteiger partial charge >= 0.3 is 0 Å². The van der Waals surface area contributed by atoms with Gasteiger partial charge in [-0.15, -0.1) is 0 Å². The zero-order valence-electron chi connectivity index (χ0n) is 8.96. The molecule has 0 aromatic rings. The fourth-order valence-corrected chi connectivity index (χ4v) is 2.43. The molecule has 0 radical (unpaired) electrons. The van der Waals surface area contributed by atoms with Gasteiger partial charge in [0.25, 0.3) is 0 Å². The van der Waals surface area contributed by atoms with E-state index < -0.39 is 0 Å². The van der Waals surface area contributed by atoms with E-state index in [1.54, 1.807) is 0 Å². The minimum atomic E-state index is -0.0915. The molecule has 0 bridgehead atoms. The van der Waals surface area contributed by atoms with Crippen LogP contribution in [0.1, 0.15) is 41.0 Å². The van der Waals surface area contributed by atoms with Crippen LogP contribution < -0.4 is 0 Å². The Morgan fingerprint density at radius 2 is 1.58 bits per heavy atom. The molecule has 0 heterocycles. The fourth-order valence-electron chi connectivity index (χ4n) is 2.43. The SMILES string of the molecule is CC1CC(O)[C@H](C)C(C)(C)[C@@H]1C. The summed E-state index contributed by atoms with van der Waals surface area (Å²) >= 11 is 0. The summed E-state index contributed by atoms with van der Waals surface area (Å²) in [6, 6.07) is 0. The molecule has 4 atom stereocenters. The zero-order chi connectivity index (χ0) is 9.52. The van der Waals surface area contributed by atoms with Gasteiger partial charge in [0.2, 0.25) is 0 Å². The second-order valence-electron chi connectivity index (χ2n) is 5.18. The van der Waals surface area contributed by atoms with Gasteiger partial charge < -0.3 is 5.11 Å². The van der Waals surface area contributed by atoms with Gasteiger partial charge in [0, 0.05) is 0 Å². The van der Waals surface area contributed by atoms with E-state index in [0.717, 1.165) is 12.3 Å². The summed E-state index contributed by atoms with van der Waals surface area (Å²) in [4.78, 5) is 0. The highest BCUT2D eigenvalue weighted by Gasteiger charge is 2.43. The van der Waals surface area contributed by atoms with Crippen LogP contribution in [-0.4, -0.2) is 11.2 Å². The van der Waals surface area contributed by atoms with Crippen LogP contribution in [0.3, 0.4) is 0 Å². The summed E-state index contributed by atoms with van der Waals surface area (Å²) in [5.74, 6) is 1.81. The smallest absolute Gasteiger partial charge is 0.0573 e. The normalized spacial score (nSPS) is 47.5. The van der Waals surface area contributed by atoms with E-state index in [1.807, 2.05) is 0 Å². The molecule has 2 unspecified atom stereocenters. The summed E-state index contributed by atoms with van der Waals surface area (Å²) in [6.45, 7) is 11.3. The third kappa shape index (κ3) is 1.39. The molecule has 0 aliphatic heterocycles. The van der Waals surface area contributed by atoms with Crippen molar-refractivity contribution in [2.75, 3.05) is 0 Å². The highest BCUT2D eigenvalue weighted by molar-refractivity contribution is 4.92. The summed E-state index contributed by atoms with van der Waals surface area (Å²) in [5, 5.41) is 9.80. The summed E-state index contributed by atoms with van der Waals surface area (Å²) in [5.41, 5.74) is 0.289. The molecule has 1 rings (SSSR count). The van der Waals surface area contributed by atoms with Crippen molar-refractivity contribution in [2.45, 2.75) is 47.1 Å². The lowest BCUT2D eigenvalue weighted by molar-refractivity contribution is -0.0593. The first-order valence-corrected chi connectivity index (χ1v) is 5.05. The van der Waals surface area contributed by atoms with Gasteiger partial charge in [-0.1, -0.05) is 34.6 Å². The lowest BCUT2D eigenvalue weighted by Crippen LogP contribution is -2.45. The Morgan fingerprint density at radius 1 is 1.08 bits per heavy atom. The van der Waals surface area contributed by atoms with Gasteiger partial charge in [0.1, 0.15) is 0 Å². The third-order valence-electron chi connectivity index (χ3n) is 4.39. The number of hydrogen-bond donors (Lipinski definition) is 1. The quantitative estimate of drug-likeness (QED) is 0.592. The number of hydrogen-bond acceptors (Lipinski definition) is 1. The van der Waals surface area contributed by atoms with Crippen LogP contribution in [0.4, 0.5) is 0 Å². The summed E-state index contributed by atoms with van der Waals surface area (Å²) in [6.07, 6.45) is 0.886. The van der Waals surface area contributed by atoms with E-state index in [0.29, 0.717) is 11.8 Å². The minimum absolute atomic E-state index is 0.0915. The zero-order valence-corrected chi connectivity index (χ0v) is 8.96. The molecular weight excluding hydrogens is 148 g/mol. The van der Waals surface area contributed by atoms with Gasteiger partial charge in [0.05, 0.1) is 6.10 Å². The third-order valence-corrected chi connectivity index (χ3v) is 4.39. The van der Waals surface area contributed by atoms with Crippen LogP contribution in [0.15, 0.2) is 0 Å². The fraction of sp³-hybridized carbons (Fsp3) is 1.00. The Balaban J connectivity index is 2.82. The van der Waals surface area contributed by atoms with Gasteiger partial charge in [-0.3, -0.25) is 0 Å². The molecule has 0 spiro atoms. The highest BCUT2D eigenvalue weighted by atomic mass is 16.3. The topological polar surface area (TPSA) is 20.2 Å². The van der Waals surface area contributed by atoms with E-state index in [9.17, 15) is 5.11 Å². The first-order valence-electron chi connectivity index (χ1n) is 5.05. The average Bonchev–Trinajstić information content (AvgIpc) is 1.99. The number of aliphatic hydroxyl groups is 1. The van der Waals surface area contributed by atoms with E-state index >= 15 is 0 Å². The molecule has 1 fully saturated rings. The minimum Gasteiger partial charge on any atom is -0.393 e. The Morgan fingerprint density at radius 3 is 2.08 bits per heavy atom. The molecule has 72 valence electrons. The molecular formula is C11H22O. The lowest BCUT2D eigenvalue weighted by Gasteiger charge is -2.48. The second kappa shape index (κ2) is 3.02. The number of rotatable bonds is 0. The molecule has 1 nitrogen and oxygen atoms in total. The van der Waals surface area contributed by atoms with Gasteiger partial charge in [-0.25, -0.2) is 0 Å². The van der Waals surface area contributed by atoms with Crippen molar-refractivity contribution in [1.82, 2.24) is 0 Å². The van der Waals surface area contributed by atoms with Crippen molar-refractivity contribution in [2.24, 2.45) is 23.2 Å². The summed E-state index contributed by atoms with van der Waals surface area (Å²) < 4.78 is 0. The Hall–Kier alpha value is -0.0400. The van der Waals surface area contributed by atoms with Crippen molar-refractivity contribution in [3.63, 3.8) is 0 Å². The predicted molar refractivity (Wildman–Crippen MR) is 51.9 cm³/mol. The maximum atomic E-state index is 9.80. The molecule has 0 saturated heterocycles. The first kappa shape index (κ1) is 10.0. The molecule has 0 aromatic carbocycles. The van der Waals surface area contributed by atoms with E-state index in [2.05, 4.69) is 34.6 Å². The summed E-state index contributed by atoms with van der Waals surface area (Å²) in [7, 11) is 0. The standard InChI is InChI=1S/C11H22O/c1-7-6-10(12)9(3)11(4,5)8(7)2/h7-10,12H,6H2,1-5H3/t7?,8-,9+,10?/m1/s1. The molecule has 0 aromatic heterocycles. The van der Waals surface area contributed by atoms with Crippen molar-refractivity contribution >= 4 is 0 Å². The van der Waals surface area contributed by atoms with Crippen LogP contribution in [-0.2, 0) is 0 Å². The van der Waals surface area contributed by atoms with E-state index in [-0.39, 0.29) is 11.5 Å². The van der Waals surface area contributed by atoms with Crippen molar-refractivity contribution in [3.05, 3.63) is 0 Å². The molecule has 1 saturated carbocycles. The van der Waals surface area contributed by atoms with Crippen LogP contribution in [0, 0.1) is 23.2 Å². The van der Waals surface area contributed by atoms with E-state index in [4.69, 9.17) is 0 Å². The highest BCUT2D eigenvalue weighted by Crippen LogP contribution is 2.47. The van der Waals surface area contributed by atoms with Gasteiger partial charge in [0.15, 0.2) is 0 Å². The van der Waals surface area contributed by atoms with Crippen LogP contribution >= 0.6 is 0 Å². The molecule has 0 amide bonds. The average molecular weight is 170 g/mol. The molecule has 12 heavy (non-hydrogen) atoms. The first-order chi connectivity index (χ1) is 5.37. The largest absolute Gasteiger partial charge is 0.393 e. The number of aliphatic hydroxyl groups excluding tert-OH is 1.